The molecule has 0 spiro atoms. The minimum Gasteiger partial charge on any atom is -0.510 e. The summed E-state index contributed by atoms with van der Waals surface area (Å²) in [5, 5.41) is 9.83. The predicted octanol–water partition coefficient (Wildman–Crippen LogP) is 3.25. The minimum absolute atomic E-state index is 0.0175. The second-order valence-corrected chi connectivity index (χ2v) is 4.45. The third kappa shape index (κ3) is 3.74. The third-order valence-corrected chi connectivity index (χ3v) is 2.60. The molecule has 0 unspecified atom stereocenters. The number of aliphatic hydroxyl groups is 1. The van der Waals surface area contributed by atoms with E-state index >= 15 is 0 Å². The number of rotatable bonds is 5. The lowest BCUT2D eigenvalue weighted by molar-refractivity contribution is -0.138. The van der Waals surface area contributed by atoms with Crippen LogP contribution in [-0.4, -0.2) is 23.7 Å². The Hall–Kier alpha value is -1.97. The number of nitrogens with zero attached hydrogens (tertiary/aromatic N) is 1. The highest BCUT2D eigenvalue weighted by Gasteiger charge is 2.25. The maximum absolute atomic E-state index is 12.0. The number of hydrogen-bond donors (Lipinski definition) is 1. The molecular formula is C15H21NO3. The Morgan fingerprint density at radius 3 is 2.32 bits per heavy atom. The van der Waals surface area contributed by atoms with Crippen LogP contribution in [0.2, 0.25) is 0 Å². The molecule has 4 nitrogen and oxygen atoms in total. The number of carbonyl (C=O) groups is 1. The van der Waals surface area contributed by atoms with Gasteiger partial charge in [0.2, 0.25) is 0 Å². The molecule has 0 aliphatic heterocycles. The molecule has 0 saturated heterocycles. The van der Waals surface area contributed by atoms with E-state index in [-0.39, 0.29) is 24.1 Å². The first-order chi connectivity index (χ1) is 8.99. The van der Waals surface area contributed by atoms with Crippen molar-refractivity contribution in [2.75, 3.05) is 11.5 Å². The normalized spacial score (nSPS) is 12.1. The van der Waals surface area contributed by atoms with E-state index in [0.29, 0.717) is 0 Å². The summed E-state index contributed by atoms with van der Waals surface area (Å²) < 4.78 is 5.02. The summed E-state index contributed by atoms with van der Waals surface area (Å²) >= 11 is 0. The fourth-order valence-corrected chi connectivity index (χ4v) is 1.89. The van der Waals surface area contributed by atoms with Gasteiger partial charge < -0.3 is 14.7 Å². The Balaban J connectivity index is 3.24. The summed E-state index contributed by atoms with van der Waals surface area (Å²) in [6, 6.07) is 9.48. The van der Waals surface area contributed by atoms with E-state index in [1.165, 1.54) is 6.92 Å². The summed E-state index contributed by atoms with van der Waals surface area (Å²) in [6.45, 7) is 7.41. The van der Waals surface area contributed by atoms with Crippen molar-refractivity contribution in [3.63, 3.8) is 0 Å². The SMILES string of the molecule is CCOC(=O)/C(=C(\C)O)N(c1ccccc1)C(C)C. The van der Waals surface area contributed by atoms with Gasteiger partial charge in [0.25, 0.3) is 0 Å². The van der Waals surface area contributed by atoms with Crippen molar-refractivity contribution in [3.05, 3.63) is 41.8 Å². The average molecular weight is 263 g/mol. The summed E-state index contributed by atoms with van der Waals surface area (Å²) in [6.07, 6.45) is 0. The standard InChI is InChI=1S/C15H21NO3/c1-5-19-15(18)14(12(4)17)16(11(2)3)13-9-7-6-8-10-13/h6-11,17H,5H2,1-4H3/b14-12-. The van der Waals surface area contributed by atoms with Crippen molar-refractivity contribution in [1.82, 2.24) is 0 Å². The predicted molar refractivity (Wildman–Crippen MR) is 76.0 cm³/mol. The molecule has 4 heteroatoms. The number of ether oxygens (including phenoxy) is 1. The van der Waals surface area contributed by atoms with Gasteiger partial charge in [-0.05, 0) is 39.8 Å². The lowest BCUT2D eigenvalue weighted by Gasteiger charge is -2.30. The summed E-state index contributed by atoms with van der Waals surface area (Å²) in [4.78, 5) is 13.8. The van der Waals surface area contributed by atoms with Crippen LogP contribution >= 0.6 is 0 Å². The van der Waals surface area contributed by atoms with Crippen molar-refractivity contribution in [1.29, 1.82) is 0 Å². The second-order valence-electron chi connectivity index (χ2n) is 4.45. The Bertz CT molecular complexity index is 448. The van der Waals surface area contributed by atoms with Gasteiger partial charge in [-0.2, -0.15) is 0 Å². The van der Waals surface area contributed by atoms with Crippen LogP contribution in [0.25, 0.3) is 0 Å². The first kappa shape index (κ1) is 15.1. The van der Waals surface area contributed by atoms with Crippen LogP contribution in [0.1, 0.15) is 27.7 Å². The van der Waals surface area contributed by atoms with Gasteiger partial charge in [0.1, 0.15) is 5.76 Å². The van der Waals surface area contributed by atoms with Crippen LogP contribution < -0.4 is 4.90 Å². The molecule has 0 fully saturated rings. The zero-order valence-corrected chi connectivity index (χ0v) is 11.9. The molecule has 1 N–H and O–H groups in total. The third-order valence-electron chi connectivity index (χ3n) is 2.60. The number of allylic oxidation sites excluding steroid dienone is 1. The first-order valence-corrected chi connectivity index (χ1v) is 6.40. The van der Waals surface area contributed by atoms with Gasteiger partial charge in [0, 0.05) is 11.7 Å². The summed E-state index contributed by atoms with van der Waals surface area (Å²) in [7, 11) is 0. The zero-order valence-electron chi connectivity index (χ0n) is 11.9. The molecule has 0 radical (unpaired) electrons. The molecule has 0 atom stereocenters. The number of hydrogen-bond acceptors (Lipinski definition) is 4. The number of aliphatic hydroxyl groups excluding tert-OH is 1. The monoisotopic (exact) mass is 263 g/mol. The largest absolute Gasteiger partial charge is 0.510 e. The van der Waals surface area contributed by atoms with Gasteiger partial charge in [0.05, 0.1) is 6.61 Å². The van der Waals surface area contributed by atoms with Crippen LogP contribution in [0.4, 0.5) is 5.69 Å². The summed E-state index contributed by atoms with van der Waals surface area (Å²) in [5.41, 5.74) is 1.03. The Labute approximate surface area is 114 Å². The van der Waals surface area contributed by atoms with Gasteiger partial charge in [0.15, 0.2) is 5.70 Å². The lowest BCUT2D eigenvalue weighted by Crippen LogP contribution is -2.35. The van der Waals surface area contributed by atoms with Crippen molar-refractivity contribution >= 4 is 11.7 Å². The van der Waals surface area contributed by atoms with Crippen molar-refractivity contribution in [3.8, 4) is 0 Å². The van der Waals surface area contributed by atoms with E-state index in [1.54, 1.807) is 11.8 Å². The molecule has 0 aliphatic carbocycles. The fourth-order valence-electron chi connectivity index (χ4n) is 1.89. The molecule has 0 bridgehead atoms. The van der Waals surface area contributed by atoms with Crippen LogP contribution in [0.5, 0.6) is 0 Å². The molecule has 104 valence electrons. The Morgan fingerprint density at radius 1 is 1.32 bits per heavy atom. The molecule has 0 saturated carbocycles. The van der Waals surface area contributed by atoms with Gasteiger partial charge in [-0.25, -0.2) is 4.79 Å². The molecule has 1 rings (SSSR count). The summed E-state index contributed by atoms with van der Waals surface area (Å²) in [5.74, 6) is -0.559. The highest BCUT2D eigenvalue weighted by atomic mass is 16.5. The van der Waals surface area contributed by atoms with E-state index < -0.39 is 5.97 Å². The Kier molecular flexibility index (Phi) is 5.42. The first-order valence-electron chi connectivity index (χ1n) is 6.40. The van der Waals surface area contributed by atoms with Crippen molar-refractivity contribution in [2.24, 2.45) is 0 Å². The minimum atomic E-state index is -0.514. The van der Waals surface area contributed by atoms with E-state index in [2.05, 4.69) is 0 Å². The molecule has 0 aromatic heterocycles. The smallest absolute Gasteiger partial charge is 0.358 e. The molecule has 0 heterocycles. The highest BCUT2D eigenvalue weighted by molar-refractivity contribution is 5.93. The topological polar surface area (TPSA) is 49.8 Å². The number of para-hydroxylation sites is 1. The van der Waals surface area contributed by atoms with Crippen LogP contribution in [-0.2, 0) is 9.53 Å². The number of anilines is 1. The Morgan fingerprint density at radius 2 is 1.89 bits per heavy atom. The molecule has 0 aliphatic rings. The van der Waals surface area contributed by atoms with Gasteiger partial charge in [-0.3, -0.25) is 0 Å². The molecule has 1 aromatic carbocycles. The maximum atomic E-state index is 12.0. The van der Waals surface area contributed by atoms with E-state index in [9.17, 15) is 9.90 Å². The quantitative estimate of drug-likeness (QED) is 0.503. The number of esters is 1. The van der Waals surface area contributed by atoms with E-state index in [0.717, 1.165) is 5.69 Å². The lowest BCUT2D eigenvalue weighted by atomic mass is 10.2. The van der Waals surface area contributed by atoms with Crippen molar-refractivity contribution < 1.29 is 14.6 Å². The molecule has 19 heavy (non-hydrogen) atoms. The highest BCUT2D eigenvalue weighted by Crippen LogP contribution is 2.24. The molecule has 0 amide bonds. The van der Waals surface area contributed by atoms with E-state index in [4.69, 9.17) is 4.74 Å². The fraction of sp³-hybridized carbons (Fsp3) is 0.400. The zero-order chi connectivity index (χ0) is 14.4. The van der Waals surface area contributed by atoms with Gasteiger partial charge in [-0.1, -0.05) is 18.2 Å². The van der Waals surface area contributed by atoms with E-state index in [1.807, 2.05) is 44.2 Å². The van der Waals surface area contributed by atoms with Crippen molar-refractivity contribution in [2.45, 2.75) is 33.7 Å². The molecular weight excluding hydrogens is 242 g/mol. The number of carbonyl (C=O) groups excluding carboxylic acids is 1. The average Bonchev–Trinajstić information content (AvgIpc) is 2.36. The second kappa shape index (κ2) is 6.83. The van der Waals surface area contributed by atoms with Crippen LogP contribution in [0.15, 0.2) is 41.8 Å². The van der Waals surface area contributed by atoms with Crippen LogP contribution in [0.3, 0.4) is 0 Å². The number of benzene rings is 1. The van der Waals surface area contributed by atoms with Gasteiger partial charge >= 0.3 is 5.97 Å². The maximum Gasteiger partial charge on any atom is 0.358 e. The van der Waals surface area contributed by atoms with Gasteiger partial charge in [-0.15, -0.1) is 0 Å². The molecule has 1 aromatic rings. The van der Waals surface area contributed by atoms with Crippen LogP contribution in [0, 0.1) is 0 Å².